The molecule has 0 fully saturated rings. The third-order valence-electron chi connectivity index (χ3n) is 3.78. The van der Waals surface area contributed by atoms with Crippen LogP contribution in [0.15, 0.2) is 50.1 Å². The summed E-state index contributed by atoms with van der Waals surface area (Å²) in [4.78, 5) is 24.3. The van der Waals surface area contributed by atoms with Gasteiger partial charge < -0.3 is 19.2 Å². The van der Waals surface area contributed by atoms with Crippen LogP contribution in [-0.2, 0) is 11.3 Å². The van der Waals surface area contributed by atoms with E-state index in [-0.39, 0.29) is 12.5 Å². The highest BCUT2D eigenvalue weighted by Gasteiger charge is 2.17. The van der Waals surface area contributed by atoms with Gasteiger partial charge in [-0.15, -0.1) is 0 Å². The number of para-hydroxylation sites is 2. The first kappa shape index (κ1) is 15.8. The van der Waals surface area contributed by atoms with Crippen molar-refractivity contribution in [3.8, 4) is 11.5 Å². The van der Waals surface area contributed by atoms with Crippen molar-refractivity contribution in [2.75, 3.05) is 18.5 Å². The molecule has 1 amide bonds. The van der Waals surface area contributed by atoms with Crippen LogP contribution in [0, 0.1) is 0 Å². The van der Waals surface area contributed by atoms with Crippen molar-refractivity contribution in [2.45, 2.75) is 6.54 Å². The number of fused-ring (bicyclic) bond motifs is 2. The summed E-state index contributed by atoms with van der Waals surface area (Å²) >= 11 is 3.40. The number of nitrogens with one attached hydrogen (secondary N) is 1. The van der Waals surface area contributed by atoms with Crippen LogP contribution >= 0.6 is 15.9 Å². The number of hydrogen-bond acceptors (Lipinski definition) is 5. The zero-order valence-corrected chi connectivity index (χ0v) is 14.5. The highest BCUT2D eigenvalue weighted by Crippen LogP contribution is 2.38. The van der Waals surface area contributed by atoms with E-state index in [1.165, 1.54) is 4.57 Å². The number of rotatable bonds is 3. The summed E-state index contributed by atoms with van der Waals surface area (Å²) in [5, 5.41) is 2.77. The Labute approximate surface area is 150 Å². The molecule has 0 spiro atoms. The topological polar surface area (TPSA) is 82.7 Å². The molecule has 128 valence electrons. The first-order chi connectivity index (χ1) is 12.1. The van der Waals surface area contributed by atoms with Crippen molar-refractivity contribution in [2.24, 2.45) is 0 Å². The molecule has 25 heavy (non-hydrogen) atoms. The Bertz CT molecular complexity index is 1020. The molecule has 1 N–H and O–H groups in total. The SMILES string of the molecule is O=C(Cn1c(=O)oc2ccccc21)Nc1cc2c(cc1Br)OCCO2. The minimum atomic E-state index is -0.572. The lowest BCUT2D eigenvalue weighted by molar-refractivity contribution is -0.116. The monoisotopic (exact) mass is 404 g/mol. The summed E-state index contributed by atoms with van der Waals surface area (Å²) in [5.41, 5.74) is 1.56. The average Bonchev–Trinajstić information content (AvgIpc) is 2.91. The number of amides is 1. The second-order valence-electron chi connectivity index (χ2n) is 5.45. The molecule has 2 heterocycles. The number of hydrogen-bond donors (Lipinski definition) is 1. The fourth-order valence-corrected chi connectivity index (χ4v) is 3.08. The molecule has 3 aromatic rings. The molecule has 0 radical (unpaired) electrons. The minimum absolute atomic E-state index is 0.156. The number of halogens is 1. The number of aromatic nitrogens is 1. The van der Waals surface area contributed by atoms with Crippen LogP contribution < -0.4 is 20.5 Å². The lowest BCUT2D eigenvalue weighted by atomic mass is 10.2. The fraction of sp³-hybridized carbons (Fsp3) is 0.176. The van der Waals surface area contributed by atoms with Crippen molar-refractivity contribution in [1.82, 2.24) is 4.57 Å². The lowest BCUT2D eigenvalue weighted by Gasteiger charge is -2.20. The van der Waals surface area contributed by atoms with E-state index in [0.717, 1.165) is 0 Å². The van der Waals surface area contributed by atoms with Gasteiger partial charge in [-0.25, -0.2) is 4.79 Å². The first-order valence-corrected chi connectivity index (χ1v) is 8.38. The molecular formula is C17H13BrN2O5. The molecule has 0 saturated carbocycles. The van der Waals surface area contributed by atoms with Crippen molar-refractivity contribution in [3.05, 3.63) is 51.4 Å². The largest absolute Gasteiger partial charge is 0.486 e. The molecule has 0 saturated heterocycles. The third kappa shape index (κ3) is 3.00. The predicted molar refractivity (Wildman–Crippen MR) is 94.2 cm³/mol. The maximum atomic E-state index is 12.4. The smallest absolute Gasteiger partial charge is 0.420 e. The number of anilines is 1. The quantitative estimate of drug-likeness (QED) is 0.725. The van der Waals surface area contributed by atoms with Gasteiger partial charge in [0.15, 0.2) is 17.1 Å². The molecule has 0 atom stereocenters. The molecule has 1 aromatic heterocycles. The number of nitrogens with zero attached hydrogens (tertiary/aromatic N) is 1. The van der Waals surface area contributed by atoms with Crippen LogP contribution in [0.25, 0.3) is 11.1 Å². The molecule has 2 aromatic carbocycles. The second kappa shape index (κ2) is 6.29. The Hall–Kier alpha value is -2.74. The maximum Gasteiger partial charge on any atom is 0.420 e. The van der Waals surface area contributed by atoms with Gasteiger partial charge in [0.2, 0.25) is 5.91 Å². The number of carbonyl (C=O) groups excluding carboxylic acids is 1. The first-order valence-electron chi connectivity index (χ1n) is 7.59. The summed E-state index contributed by atoms with van der Waals surface area (Å²) in [6.07, 6.45) is 0. The molecule has 4 rings (SSSR count). The van der Waals surface area contributed by atoms with Crippen LogP contribution in [0.3, 0.4) is 0 Å². The van der Waals surface area contributed by atoms with Crippen molar-refractivity contribution >= 4 is 38.6 Å². The van der Waals surface area contributed by atoms with E-state index < -0.39 is 5.76 Å². The van der Waals surface area contributed by atoms with Crippen LogP contribution in [0.5, 0.6) is 11.5 Å². The zero-order valence-electron chi connectivity index (χ0n) is 13.0. The number of carbonyl (C=O) groups is 1. The molecule has 1 aliphatic heterocycles. The van der Waals surface area contributed by atoms with Crippen LogP contribution in [0.2, 0.25) is 0 Å². The van der Waals surface area contributed by atoms with Crippen LogP contribution in [-0.4, -0.2) is 23.7 Å². The lowest BCUT2D eigenvalue weighted by Crippen LogP contribution is -2.25. The fourth-order valence-electron chi connectivity index (χ4n) is 2.66. The van der Waals surface area contributed by atoms with E-state index in [4.69, 9.17) is 13.9 Å². The van der Waals surface area contributed by atoms with E-state index in [1.54, 1.807) is 36.4 Å². The zero-order chi connectivity index (χ0) is 17.4. The summed E-state index contributed by atoms with van der Waals surface area (Å²) in [6.45, 7) is 0.788. The van der Waals surface area contributed by atoms with E-state index in [1.807, 2.05) is 0 Å². The summed E-state index contributed by atoms with van der Waals surface area (Å²) < 4.78 is 18.1. The highest BCUT2D eigenvalue weighted by molar-refractivity contribution is 9.10. The third-order valence-corrected chi connectivity index (χ3v) is 4.44. The Morgan fingerprint density at radius 1 is 1.16 bits per heavy atom. The summed E-state index contributed by atoms with van der Waals surface area (Å²) in [7, 11) is 0. The van der Waals surface area contributed by atoms with Crippen molar-refractivity contribution < 1.29 is 18.7 Å². The van der Waals surface area contributed by atoms with Gasteiger partial charge in [0.25, 0.3) is 0 Å². The maximum absolute atomic E-state index is 12.4. The van der Waals surface area contributed by atoms with Crippen molar-refractivity contribution in [3.63, 3.8) is 0 Å². The molecule has 0 aliphatic carbocycles. The van der Waals surface area contributed by atoms with E-state index in [0.29, 0.717) is 46.0 Å². The summed E-state index contributed by atoms with van der Waals surface area (Å²) in [5.74, 6) is 0.257. The molecule has 0 unspecified atom stereocenters. The van der Waals surface area contributed by atoms with Gasteiger partial charge in [0.05, 0.1) is 11.2 Å². The van der Waals surface area contributed by atoms with Gasteiger partial charge in [0.1, 0.15) is 19.8 Å². The molecule has 0 bridgehead atoms. The second-order valence-corrected chi connectivity index (χ2v) is 6.30. The van der Waals surface area contributed by atoms with Gasteiger partial charge >= 0.3 is 5.76 Å². The summed E-state index contributed by atoms with van der Waals surface area (Å²) in [6, 6.07) is 10.4. The van der Waals surface area contributed by atoms with E-state index in [9.17, 15) is 9.59 Å². The Morgan fingerprint density at radius 3 is 2.68 bits per heavy atom. The average molecular weight is 405 g/mol. The highest BCUT2D eigenvalue weighted by atomic mass is 79.9. The predicted octanol–water partition coefficient (Wildman–Crippen LogP) is 2.77. The van der Waals surface area contributed by atoms with E-state index >= 15 is 0 Å². The molecule has 1 aliphatic rings. The Balaban J connectivity index is 1.58. The van der Waals surface area contributed by atoms with Crippen LogP contribution in [0.4, 0.5) is 5.69 Å². The molecule has 7 nitrogen and oxygen atoms in total. The van der Waals surface area contributed by atoms with Gasteiger partial charge in [-0.2, -0.15) is 0 Å². The van der Waals surface area contributed by atoms with Gasteiger partial charge in [-0.1, -0.05) is 12.1 Å². The minimum Gasteiger partial charge on any atom is -0.486 e. The van der Waals surface area contributed by atoms with Crippen LogP contribution in [0.1, 0.15) is 0 Å². The standard InChI is InChI=1S/C17H13BrN2O5/c18-10-7-14-15(24-6-5-23-14)8-11(10)19-16(21)9-20-12-3-1-2-4-13(12)25-17(20)22/h1-4,7-8H,5-6,9H2,(H,19,21). The Kier molecular flexibility index (Phi) is 3.96. The molecule has 8 heteroatoms. The van der Waals surface area contributed by atoms with E-state index in [2.05, 4.69) is 21.2 Å². The Morgan fingerprint density at radius 2 is 1.88 bits per heavy atom. The number of ether oxygens (including phenoxy) is 2. The van der Waals surface area contributed by atoms with Crippen molar-refractivity contribution in [1.29, 1.82) is 0 Å². The van der Waals surface area contributed by atoms with Gasteiger partial charge in [-0.3, -0.25) is 9.36 Å². The van der Waals surface area contributed by atoms with Gasteiger partial charge in [0, 0.05) is 16.6 Å². The van der Waals surface area contributed by atoms with Gasteiger partial charge in [-0.05, 0) is 28.1 Å². The molecular weight excluding hydrogens is 392 g/mol. The number of benzene rings is 2. The normalized spacial score (nSPS) is 13.0. The number of oxazole rings is 1.